The van der Waals surface area contributed by atoms with Crippen molar-refractivity contribution in [2.75, 3.05) is 4.90 Å². The van der Waals surface area contributed by atoms with Gasteiger partial charge in [-0.2, -0.15) is 0 Å². The van der Waals surface area contributed by atoms with Gasteiger partial charge >= 0.3 is 0 Å². The molecule has 0 fully saturated rings. The van der Waals surface area contributed by atoms with Crippen molar-refractivity contribution < 1.29 is 9.15 Å². The number of nitrogens with zero attached hydrogens (tertiary/aromatic N) is 1. The number of halogens is 1. The topological polar surface area (TPSA) is 25.6 Å². The third-order valence-electron chi connectivity index (χ3n) is 12.6. The Kier molecular flexibility index (Phi) is 8.10. The van der Waals surface area contributed by atoms with Crippen LogP contribution in [-0.2, 0) is 5.41 Å². The average molecular weight is 770 g/mol. The van der Waals surface area contributed by atoms with E-state index in [2.05, 4.69) is 183 Å². The SMILES string of the molecule is CC1(C)c2ccccc2C2C1c1ccccc1N2c1cccc(Oc2cccc(C(c3ccc(-c4ccccc4)cc3)c3cccc4oc5ccccc5c34)c2)c1Cl. The van der Waals surface area contributed by atoms with Gasteiger partial charge in [-0.25, -0.2) is 0 Å². The first-order valence-corrected chi connectivity index (χ1v) is 20.4. The van der Waals surface area contributed by atoms with Gasteiger partial charge in [-0.1, -0.05) is 171 Å². The van der Waals surface area contributed by atoms with Crippen LogP contribution in [0.4, 0.5) is 11.4 Å². The van der Waals surface area contributed by atoms with E-state index in [4.69, 9.17) is 20.8 Å². The Labute approximate surface area is 343 Å². The molecule has 280 valence electrons. The van der Waals surface area contributed by atoms with Crippen molar-refractivity contribution >= 4 is 44.9 Å². The molecule has 0 radical (unpaired) electrons. The first-order chi connectivity index (χ1) is 28.5. The molecule has 58 heavy (non-hydrogen) atoms. The molecule has 4 heteroatoms. The minimum Gasteiger partial charge on any atom is -0.456 e. The van der Waals surface area contributed by atoms with Crippen molar-refractivity contribution in [3.63, 3.8) is 0 Å². The Balaban J connectivity index is 1.01. The van der Waals surface area contributed by atoms with Gasteiger partial charge in [0.1, 0.15) is 27.7 Å². The molecule has 1 aromatic heterocycles. The third kappa shape index (κ3) is 5.41. The summed E-state index contributed by atoms with van der Waals surface area (Å²) in [7, 11) is 0. The summed E-state index contributed by atoms with van der Waals surface area (Å²) in [6, 6.07) is 66.7. The van der Waals surface area contributed by atoms with Gasteiger partial charge in [0.2, 0.25) is 0 Å². The van der Waals surface area contributed by atoms with E-state index in [1.54, 1.807) is 0 Å². The average Bonchev–Trinajstić information content (AvgIpc) is 3.89. The second kappa shape index (κ2) is 13.5. The van der Waals surface area contributed by atoms with Crippen LogP contribution in [-0.4, -0.2) is 0 Å². The third-order valence-corrected chi connectivity index (χ3v) is 13.0. The molecule has 8 aromatic carbocycles. The lowest BCUT2D eigenvalue weighted by Crippen LogP contribution is -2.25. The van der Waals surface area contributed by atoms with E-state index >= 15 is 0 Å². The Bertz CT molecular complexity index is 3000. The lowest BCUT2D eigenvalue weighted by Gasteiger charge is -2.31. The van der Waals surface area contributed by atoms with Crippen molar-refractivity contribution in [2.45, 2.75) is 37.1 Å². The van der Waals surface area contributed by atoms with Crippen LogP contribution >= 0.6 is 11.6 Å². The molecule has 0 amide bonds. The summed E-state index contributed by atoms with van der Waals surface area (Å²) in [5, 5.41) is 2.82. The minimum absolute atomic E-state index is 0.0430. The van der Waals surface area contributed by atoms with Gasteiger partial charge in [0.25, 0.3) is 0 Å². The molecule has 2 heterocycles. The maximum atomic E-state index is 7.48. The van der Waals surface area contributed by atoms with Crippen LogP contribution in [0, 0.1) is 0 Å². The fourth-order valence-electron chi connectivity index (χ4n) is 10.1. The van der Waals surface area contributed by atoms with Gasteiger partial charge in [-0.15, -0.1) is 0 Å². The molecule has 0 saturated carbocycles. The van der Waals surface area contributed by atoms with E-state index in [9.17, 15) is 0 Å². The lowest BCUT2D eigenvalue weighted by atomic mass is 9.75. The fraction of sp³-hybridized carbons (Fsp3) is 0.111. The van der Waals surface area contributed by atoms with Crippen LogP contribution in [0.2, 0.25) is 5.02 Å². The number of fused-ring (bicyclic) bond motifs is 8. The highest BCUT2D eigenvalue weighted by molar-refractivity contribution is 6.35. The maximum absolute atomic E-state index is 7.48. The van der Waals surface area contributed by atoms with Crippen molar-refractivity contribution in [2.24, 2.45) is 0 Å². The Morgan fingerprint density at radius 1 is 0.586 bits per heavy atom. The highest BCUT2D eigenvalue weighted by atomic mass is 35.5. The molecule has 3 nitrogen and oxygen atoms in total. The van der Waals surface area contributed by atoms with Crippen LogP contribution in [0.5, 0.6) is 11.5 Å². The van der Waals surface area contributed by atoms with Gasteiger partial charge in [-0.05, 0) is 92.4 Å². The standard InChI is InChI=1S/C54H40ClNO2/c1-54(2)43-23-9-6-19-39(43)53-51(54)40-20-7-10-24-44(40)56(53)45-25-14-28-48(52(45)55)57-38-18-12-17-37(33-38)49(36-31-29-35(30-32-36)34-15-4-3-5-16-34)42-22-13-27-47-50(42)41-21-8-11-26-46(41)58-47/h3-33,49,51,53H,1-2H3. The Hall–Kier alpha value is -6.55. The molecule has 0 N–H and O–H groups in total. The van der Waals surface area contributed by atoms with Crippen LogP contribution in [0.25, 0.3) is 33.1 Å². The predicted molar refractivity (Wildman–Crippen MR) is 238 cm³/mol. The quantitative estimate of drug-likeness (QED) is 0.151. The van der Waals surface area contributed by atoms with Gasteiger partial charge in [0.15, 0.2) is 0 Å². The second-order valence-electron chi connectivity index (χ2n) is 16.2. The number of para-hydroxylation sites is 2. The predicted octanol–water partition coefficient (Wildman–Crippen LogP) is 15.1. The number of hydrogen-bond donors (Lipinski definition) is 0. The zero-order valence-electron chi connectivity index (χ0n) is 32.3. The zero-order chi connectivity index (χ0) is 39.0. The first-order valence-electron chi connectivity index (χ1n) is 20.0. The summed E-state index contributed by atoms with van der Waals surface area (Å²) in [5.41, 5.74) is 13.8. The highest BCUT2D eigenvalue weighted by Crippen LogP contribution is 2.65. The van der Waals surface area contributed by atoms with Crippen molar-refractivity contribution in [1.29, 1.82) is 0 Å². The van der Waals surface area contributed by atoms with Crippen LogP contribution in [0.3, 0.4) is 0 Å². The van der Waals surface area contributed by atoms with Crippen LogP contribution in [0.15, 0.2) is 192 Å². The molecule has 11 rings (SSSR count). The number of hydrogen-bond acceptors (Lipinski definition) is 3. The molecule has 0 saturated heterocycles. The van der Waals surface area contributed by atoms with Gasteiger partial charge in [0, 0.05) is 28.3 Å². The van der Waals surface area contributed by atoms with Crippen molar-refractivity contribution in [1.82, 2.24) is 0 Å². The summed E-state index contributed by atoms with van der Waals surface area (Å²) < 4.78 is 13.2. The summed E-state index contributed by atoms with van der Waals surface area (Å²) in [6.07, 6.45) is 0. The monoisotopic (exact) mass is 769 g/mol. The summed E-state index contributed by atoms with van der Waals surface area (Å²) >= 11 is 7.48. The number of anilines is 2. The molecule has 9 aromatic rings. The number of rotatable bonds is 7. The van der Waals surface area contributed by atoms with E-state index in [0.29, 0.717) is 10.8 Å². The van der Waals surface area contributed by atoms with E-state index in [1.807, 2.05) is 24.3 Å². The van der Waals surface area contributed by atoms with Crippen LogP contribution in [0.1, 0.15) is 65.1 Å². The van der Waals surface area contributed by atoms with E-state index < -0.39 is 0 Å². The smallest absolute Gasteiger partial charge is 0.148 e. The molecule has 0 spiro atoms. The van der Waals surface area contributed by atoms with Gasteiger partial charge < -0.3 is 14.1 Å². The molecule has 1 aliphatic heterocycles. The number of furan rings is 1. The zero-order valence-corrected chi connectivity index (χ0v) is 33.0. The molecule has 2 aliphatic rings. The lowest BCUT2D eigenvalue weighted by molar-refractivity contribution is 0.420. The highest BCUT2D eigenvalue weighted by Gasteiger charge is 2.54. The number of ether oxygens (including phenoxy) is 1. The van der Waals surface area contributed by atoms with Crippen LogP contribution < -0.4 is 9.64 Å². The largest absolute Gasteiger partial charge is 0.456 e. The second-order valence-corrected chi connectivity index (χ2v) is 16.5. The Morgan fingerprint density at radius 3 is 2.12 bits per heavy atom. The molecule has 0 bridgehead atoms. The molecule has 3 atom stereocenters. The fourth-order valence-corrected chi connectivity index (χ4v) is 10.3. The molecular weight excluding hydrogens is 730 g/mol. The van der Waals surface area contributed by atoms with Gasteiger partial charge in [-0.3, -0.25) is 0 Å². The van der Waals surface area contributed by atoms with E-state index in [1.165, 1.54) is 44.6 Å². The maximum Gasteiger partial charge on any atom is 0.148 e. The molecule has 1 aliphatic carbocycles. The summed E-state index contributed by atoms with van der Waals surface area (Å²) in [5.74, 6) is 1.52. The summed E-state index contributed by atoms with van der Waals surface area (Å²) in [4.78, 5) is 2.45. The Morgan fingerprint density at radius 2 is 1.26 bits per heavy atom. The molecular formula is C54H40ClNO2. The molecule has 3 unspecified atom stereocenters. The van der Waals surface area contributed by atoms with E-state index in [0.717, 1.165) is 38.9 Å². The van der Waals surface area contributed by atoms with E-state index in [-0.39, 0.29) is 23.3 Å². The van der Waals surface area contributed by atoms with Gasteiger partial charge in [0.05, 0.1) is 11.7 Å². The summed E-state index contributed by atoms with van der Waals surface area (Å²) in [6.45, 7) is 4.76. The van der Waals surface area contributed by atoms with Crippen molar-refractivity contribution in [3.8, 4) is 22.6 Å². The number of benzene rings is 8. The minimum atomic E-state index is -0.108. The first kappa shape index (κ1) is 34.7. The normalized spacial score (nSPS) is 16.9. The van der Waals surface area contributed by atoms with Crippen molar-refractivity contribution in [3.05, 3.63) is 226 Å².